The van der Waals surface area contributed by atoms with E-state index in [1.165, 1.54) is 32.1 Å². The van der Waals surface area contributed by atoms with Gasteiger partial charge in [0, 0.05) is 12.6 Å². The van der Waals surface area contributed by atoms with Crippen LogP contribution in [-0.4, -0.2) is 25.8 Å². The molecule has 0 saturated heterocycles. The summed E-state index contributed by atoms with van der Waals surface area (Å²) in [5.41, 5.74) is 0. The van der Waals surface area contributed by atoms with Gasteiger partial charge in [-0.2, -0.15) is 0 Å². The minimum atomic E-state index is 0.609. The van der Waals surface area contributed by atoms with E-state index >= 15 is 0 Å². The lowest BCUT2D eigenvalue weighted by Gasteiger charge is -2.24. The van der Waals surface area contributed by atoms with Crippen LogP contribution in [0.15, 0.2) is 0 Å². The molecule has 1 unspecified atom stereocenters. The molecule has 0 spiro atoms. The van der Waals surface area contributed by atoms with Crippen molar-refractivity contribution in [1.82, 2.24) is 5.32 Å². The van der Waals surface area contributed by atoms with Crippen LogP contribution < -0.4 is 5.32 Å². The Labute approximate surface area is 88.4 Å². The molecule has 0 radical (unpaired) electrons. The normalized spacial score (nSPS) is 20.1. The van der Waals surface area contributed by atoms with Crippen molar-refractivity contribution in [1.29, 1.82) is 0 Å². The van der Waals surface area contributed by atoms with Crippen molar-refractivity contribution in [2.24, 2.45) is 5.92 Å². The standard InChI is InChI=1S/C12H25NO/c1-3-9-13-12(10-14-4-2)11-7-5-6-8-11/h11-13H,3-10H2,1-2H3. The van der Waals surface area contributed by atoms with Gasteiger partial charge in [0.25, 0.3) is 0 Å². The fourth-order valence-electron chi connectivity index (χ4n) is 2.30. The molecule has 0 bridgehead atoms. The zero-order valence-corrected chi connectivity index (χ0v) is 9.72. The van der Waals surface area contributed by atoms with E-state index < -0.39 is 0 Å². The Bertz CT molecular complexity index is 124. The third-order valence-electron chi connectivity index (χ3n) is 3.13. The smallest absolute Gasteiger partial charge is 0.0622 e. The summed E-state index contributed by atoms with van der Waals surface area (Å²) in [6, 6.07) is 0.609. The topological polar surface area (TPSA) is 21.3 Å². The van der Waals surface area contributed by atoms with Gasteiger partial charge in [-0.3, -0.25) is 0 Å². The summed E-state index contributed by atoms with van der Waals surface area (Å²) in [5.74, 6) is 0.869. The molecule has 1 N–H and O–H groups in total. The van der Waals surface area contributed by atoms with Crippen LogP contribution in [0.1, 0.15) is 46.0 Å². The van der Waals surface area contributed by atoms with Crippen LogP contribution in [0.4, 0.5) is 0 Å². The third kappa shape index (κ3) is 3.97. The summed E-state index contributed by atoms with van der Waals surface area (Å²) in [4.78, 5) is 0. The minimum absolute atomic E-state index is 0.609. The lowest BCUT2D eigenvalue weighted by molar-refractivity contribution is 0.103. The van der Waals surface area contributed by atoms with E-state index in [2.05, 4.69) is 19.2 Å². The second-order valence-electron chi connectivity index (χ2n) is 4.26. The Hall–Kier alpha value is -0.0800. The van der Waals surface area contributed by atoms with Crippen LogP contribution in [0.25, 0.3) is 0 Å². The SMILES string of the molecule is CCCNC(COCC)C1CCCC1. The van der Waals surface area contributed by atoms with E-state index in [0.717, 1.165) is 25.7 Å². The largest absolute Gasteiger partial charge is 0.380 e. The molecule has 1 aliphatic rings. The second-order valence-corrected chi connectivity index (χ2v) is 4.26. The van der Waals surface area contributed by atoms with Crippen LogP contribution in [-0.2, 0) is 4.74 Å². The summed E-state index contributed by atoms with van der Waals surface area (Å²) >= 11 is 0. The van der Waals surface area contributed by atoms with Gasteiger partial charge in [-0.05, 0) is 38.6 Å². The maximum atomic E-state index is 5.54. The number of nitrogens with one attached hydrogen (secondary N) is 1. The molecule has 0 aliphatic heterocycles. The van der Waals surface area contributed by atoms with E-state index in [9.17, 15) is 0 Å². The van der Waals surface area contributed by atoms with Gasteiger partial charge in [0.1, 0.15) is 0 Å². The summed E-state index contributed by atoms with van der Waals surface area (Å²) in [5, 5.41) is 3.62. The molecular weight excluding hydrogens is 174 g/mol. The average molecular weight is 199 g/mol. The van der Waals surface area contributed by atoms with Gasteiger partial charge in [-0.25, -0.2) is 0 Å². The molecule has 2 heteroatoms. The number of hydrogen-bond donors (Lipinski definition) is 1. The molecule has 0 aromatic heterocycles. The Kier molecular flexibility index (Phi) is 6.20. The van der Waals surface area contributed by atoms with Crippen molar-refractivity contribution >= 4 is 0 Å². The highest BCUT2D eigenvalue weighted by Crippen LogP contribution is 2.27. The molecule has 0 aromatic rings. The van der Waals surface area contributed by atoms with Crippen LogP contribution >= 0.6 is 0 Å². The molecular formula is C12H25NO. The molecule has 2 nitrogen and oxygen atoms in total. The molecule has 1 aliphatic carbocycles. The fourth-order valence-corrected chi connectivity index (χ4v) is 2.30. The molecule has 0 heterocycles. The average Bonchev–Trinajstić information content (AvgIpc) is 2.71. The molecule has 1 saturated carbocycles. The summed E-state index contributed by atoms with van der Waals surface area (Å²) in [6.45, 7) is 7.18. The number of ether oxygens (including phenoxy) is 1. The van der Waals surface area contributed by atoms with Gasteiger partial charge in [0.15, 0.2) is 0 Å². The highest BCUT2D eigenvalue weighted by atomic mass is 16.5. The Balaban J connectivity index is 2.26. The van der Waals surface area contributed by atoms with Crippen LogP contribution in [0.5, 0.6) is 0 Å². The van der Waals surface area contributed by atoms with E-state index in [1.807, 2.05) is 0 Å². The molecule has 0 aromatic carbocycles. The van der Waals surface area contributed by atoms with Crippen molar-refractivity contribution in [2.75, 3.05) is 19.8 Å². The summed E-state index contributed by atoms with van der Waals surface area (Å²) in [7, 11) is 0. The van der Waals surface area contributed by atoms with Crippen molar-refractivity contribution in [3.05, 3.63) is 0 Å². The number of rotatable bonds is 7. The predicted molar refractivity (Wildman–Crippen MR) is 60.5 cm³/mol. The zero-order valence-electron chi connectivity index (χ0n) is 9.72. The third-order valence-corrected chi connectivity index (χ3v) is 3.13. The van der Waals surface area contributed by atoms with Gasteiger partial charge in [-0.1, -0.05) is 19.8 Å². The lowest BCUT2D eigenvalue weighted by atomic mass is 9.99. The minimum Gasteiger partial charge on any atom is -0.380 e. The summed E-state index contributed by atoms with van der Waals surface area (Å²) in [6.07, 6.45) is 6.85. The van der Waals surface area contributed by atoms with E-state index in [1.54, 1.807) is 0 Å². The Morgan fingerprint density at radius 3 is 2.57 bits per heavy atom. The maximum Gasteiger partial charge on any atom is 0.0622 e. The highest BCUT2D eigenvalue weighted by Gasteiger charge is 2.24. The van der Waals surface area contributed by atoms with Crippen molar-refractivity contribution in [3.63, 3.8) is 0 Å². The summed E-state index contributed by atoms with van der Waals surface area (Å²) < 4.78 is 5.54. The lowest BCUT2D eigenvalue weighted by Crippen LogP contribution is -2.39. The van der Waals surface area contributed by atoms with Gasteiger partial charge >= 0.3 is 0 Å². The molecule has 1 fully saturated rings. The predicted octanol–water partition coefficient (Wildman–Crippen LogP) is 2.58. The fraction of sp³-hybridized carbons (Fsp3) is 1.00. The van der Waals surface area contributed by atoms with Crippen molar-refractivity contribution in [3.8, 4) is 0 Å². The monoisotopic (exact) mass is 199 g/mol. The molecule has 84 valence electrons. The van der Waals surface area contributed by atoms with E-state index in [0.29, 0.717) is 6.04 Å². The quantitative estimate of drug-likeness (QED) is 0.680. The van der Waals surface area contributed by atoms with Crippen LogP contribution in [0.3, 0.4) is 0 Å². The van der Waals surface area contributed by atoms with Crippen molar-refractivity contribution < 1.29 is 4.74 Å². The second kappa shape index (κ2) is 7.24. The molecule has 14 heavy (non-hydrogen) atoms. The van der Waals surface area contributed by atoms with Crippen molar-refractivity contribution in [2.45, 2.75) is 52.0 Å². The first-order valence-corrected chi connectivity index (χ1v) is 6.19. The van der Waals surface area contributed by atoms with Gasteiger partial charge < -0.3 is 10.1 Å². The van der Waals surface area contributed by atoms with Crippen LogP contribution in [0, 0.1) is 5.92 Å². The zero-order chi connectivity index (χ0) is 10.2. The first kappa shape index (κ1) is 12.0. The maximum absolute atomic E-state index is 5.54. The first-order chi connectivity index (χ1) is 6.88. The Morgan fingerprint density at radius 2 is 2.00 bits per heavy atom. The van der Waals surface area contributed by atoms with Gasteiger partial charge in [0.2, 0.25) is 0 Å². The Morgan fingerprint density at radius 1 is 1.29 bits per heavy atom. The number of hydrogen-bond acceptors (Lipinski definition) is 2. The van der Waals surface area contributed by atoms with E-state index in [4.69, 9.17) is 4.74 Å². The van der Waals surface area contributed by atoms with Gasteiger partial charge in [0.05, 0.1) is 6.61 Å². The van der Waals surface area contributed by atoms with E-state index in [-0.39, 0.29) is 0 Å². The highest BCUT2D eigenvalue weighted by molar-refractivity contribution is 4.80. The molecule has 1 atom stereocenters. The first-order valence-electron chi connectivity index (χ1n) is 6.19. The molecule has 1 rings (SSSR count). The van der Waals surface area contributed by atoms with Gasteiger partial charge in [-0.15, -0.1) is 0 Å². The molecule has 0 amide bonds. The van der Waals surface area contributed by atoms with Crippen LogP contribution in [0.2, 0.25) is 0 Å².